The Morgan fingerprint density at radius 3 is 2.67 bits per heavy atom. The number of hydrogen-bond donors (Lipinski definition) is 0. The van der Waals surface area contributed by atoms with E-state index in [1.165, 1.54) is 5.56 Å². The van der Waals surface area contributed by atoms with Gasteiger partial charge in [-0.25, -0.2) is 4.99 Å². The van der Waals surface area contributed by atoms with Gasteiger partial charge in [-0.15, -0.1) is 12.4 Å². The molecule has 2 rings (SSSR count). The molecule has 1 aromatic carbocycles. The quantitative estimate of drug-likeness (QED) is 0.735. The van der Waals surface area contributed by atoms with Gasteiger partial charge in [-0.2, -0.15) is 0 Å². The van der Waals surface area contributed by atoms with Crippen LogP contribution in [0.25, 0.3) is 0 Å². The molecule has 0 spiro atoms. The molecular weight excluding hydrogens is 214 g/mol. The molecule has 0 saturated heterocycles. The van der Waals surface area contributed by atoms with E-state index in [0.29, 0.717) is 5.90 Å². The SMILES string of the molecule is COC1=NC(OC)Cc2ccccc21.Cl. The molecule has 1 atom stereocenters. The Balaban J connectivity index is 0.00000112. The van der Waals surface area contributed by atoms with Gasteiger partial charge in [0.25, 0.3) is 0 Å². The van der Waals surface area contributed by atoms with Crippen LogP contribution in [0.15, 0.2) is 29.3 Å². The maximum Gasteiger partial charge on any atom is 0.218 e. The molecule has 0 saturated carbocycles. The van der Waals surface area contributed by atoms with Gasteiger partial charge in [-0.1, -0.05) is 18.2 Å². The molecule has 0 fully saturated rings. The van der Waals surface area contributed by atoms with Crippen molar-refractivity contribution >= 4 is 18.3 Å². The minimum absolute atomic E-state index is 0. The van der Waals surface area contributed by atoms with Gasteiger partial charge in [0.05, 0.1) is 7.11 Å². The van der Waals surface area contributed by atoms with E-state index < -0.39 is 0 Å². The summed E-state index contributed by atoms with van der Waals surface area (Å²) in [6, 6.07) is 8.10. The zero-order valence-corrected chi connectivity index (χ0v) is 9.58. The molecule has 0 aliphatic carbocycles. The number of hydrogen-bond acceptors (Lipinski definition) is 3. The smallest absolute Gasteiger partial charge is 0.218 e. The van der Waals surface area contributed by atoms with Crippen molar-refractivity contribution in [3.05, 3.63) is 35.4 Å². The lowest BCUT2D eigenvalue weighted by molar-refractivity contribution is 0.106. The van der Waals surface area contributed by atoms with Crippen molar-refractivity contribution in [1.82, 2.24) is 0 Å². The lowest BCUT2D eigenvalue weighted by Gasteiger charge is -2.21. The Morgan fingerprint density at radius 1 is 1.27 bits per heavy atom. The normalized spacial score (nSPS) is 18.5. The second kappa shape index (κ2) is 5.14. The fourth-order valence-corrected chi connectivity index (χ4v) is 1.64. The van der Waals surface area contributed by atoms with Gasteiger partial charge in [0.15, 0.2) is 6.23 Å². The van der Waals surface area contributed by atoms with E-state index in [4.69, 9.17) is 9.47 Å². The molecule has 3 nitrogen and oxygen atoms in total. The summed E-state index contributed by atoms with van der Waals surface area (Å²) in [5, 5.41) is 0. The van der Waals surface area contributed by atoms with E-state index in [2.05, 4.69) is 11.1 Å². The Kier molecular flexibility index (Phi) is 4.12. The Morgan fingerprint density at radius 2 is 2.00 bits per heavy atom. The van der Waals surface area contributed by atoms with Gasteiger partial charge in [-0.3, -0.25) is 0 Å². The van der Waals surface area contributed by atoms with Crippen LogP contribution < -0.4 is 0 Å². The molecule has 0 bridgehead atoms. The topological polar surface area (TPSA) is 30.8 Å². The molecule has 0 amide bonds. The summed E-state index contributed by atoms with van der Waals surface area (Å²) < 4.78 is 10.4. The predicted octanol–water partition coefficient (Wildman–Crippen LogP) is 2.03. The summed E-state index contributed by atoms with van der Waals surface area (Å²) in [6.07, 6.45) is 0.708. The Hall–Kier alpha value is -1.06. The van der Waals surface area contributed by atoms with Crippen molar-refractivity contribution in [3.63, 3.8) is 0 Å². The Bertz CT molecular complexity index is 365. The summed E-state index contributed by atoms with van der Waals surface area (Å²) in [7, 11) is 3.29. The van der Waals surface area contributed by atoms with Crippen molar-refractivity contribution < 1.29 is 9.47 Å². The number of halogens is 1. The number of aliphatic imine (C=N–C) groups is 1. The zero-order valence-electron chi connectivity index (χ0n) is 8.77. The van der Waals surface area contributed by atoms with Crippen molar-refractivity contribution in [3.8, 4) is 0 Å². The average Bonchev–Trinajstić information content (AvgIpc) is 2.27. The number of ether oxygens (including phenoxy) is 2. The first-order chi connectivity index (χ1) is 6.85. The Labute approximate surface area is 95.5 Å². The van der Waals surface area contributed by atoms with Crippen LogP contribution in [0, 0.1) is 0 Å². The molecule has 15 heavy (non-hydrogen) atoms. The van der Waals surface area contributed by atoms with Crippen molar-refractivity contribution in [1.29, 1.82) is 0 Å². The summed E-state index contributed by atoms with van der Waals surface area (Å²) in [5.74, 6) is 0.665. The first-order valence-electron chi connectivity index (χ1n) is 4.58. The predicted molar refractivity (Wildman–Crippen MR) is 61.7 cm³/mol. The largest absolute Gasteiger partial charge is 0.481 e. The van der Waals surface area contributed by atoms with Crippen molar-refractivity contribution in [2.75, 3.05) is 14.2 Å². The van der Waals surface area contributed by atoms with Crippen LogP contribution in [0.4, 0.5) is 0 Å². The second-order valence-corrected chi connectivity index (χ2v) is 3.19. The number of methoxy groups -OCH3 is 2. The van der Waals surface area contributed by atoms with Crippen LogP contribution in [0.3, 0.4) is 0 Å². The number of benzene rings is 1. The summed E-state index contributed by atoms with van der Waals surface area (Å²) in [5.41, 5.74) is 2.30. The highest BCUT2D eigenvalue weighted by atomic mass is 35.5. The third-order valence-corrected chi connectivity index (χ3v) is 2.37. The summed E-state index contributed by atoms with van der Waals surface area (Å²) >= 11 is 0. The molecule has 1 aliphatic heterocycles. The third kappa shape index (κ3) is 2.30. The standard InChI is InChI=1S/C11H13NO2.ClH/c1-13-10-7-8-5-3-4-6-9(8)11(12-10)14-2;/h3-6,10H,7H2,1-2H3;1H. The molecule has 82 valence electrons. The minimum Gasteiger partial charge on any atom is -0.481 e. The van der Waals surface area contributed by atoms with E-state index >= 15 is 0 Å². The second-order valence-electron chi connectivity index (χ2n) is 3.19. The molecule has 1 aromatic rings. The number of rotatable bonds is 1. The van der Waals surface area contributed by atoms with Crippen LogP contribution >= 0.6 is 12.4 Å². The molecule has 0 aromatic heterocycles. The van der Waals surface area contributed by atoms with E-state index in [-0.39, 0.29) is 18.6 Å². The van der Waals surface area contributed by atoms with Crippen molar-refractivity contribution in [2.45, 2.75) is 12.6 Å². The first-order valence-corrected chi connectivity index (χ1v) is 4.58. The molecule has 1 unspecified atom stereocenters. The fraction of sp³-hybridized carbons (Fsp3) is 0.364. The van der Waals surface area contributed by atoms with Crippen LogP contribution in [0.1, 0.15) is 11.1 Å². The summed E-state index contributed by atoms with van der Waals surface area (Å²) in [6.45, 7) is 0. The molecule has 1 heterocycles. The monoisotopic (exact) mass is 227 g/mol. The van der Waals surface area contributed by atoms with Crippen LogP contribution in [0.2, 0.25) is 0 Å². The highest BCUT2D eigenvalue weighted by molar-refractivity contribution is 5.96. The maximum atomic E-state index is 5.22. The lowest BCUT2D eigenvalue weighted by Crippen LogP contribution is -2.23. The van der Waals surface area contributed by atoms with E-state index in [1.54, 1.807) is 14.2 Å². The first kappa shape index (κ1) is 12.0. The van der Waals surface area contributed by atoms with E-state index in [1.807, 2.05) is 18.2 Å². The fourth-order valence-electron chi connectivity index (χ4n) is 1.64. The number of nitrogens with zero attached hydrogens (tertiary/aromatic N) is 1. The highest BCUT2D eigenvalue weighted by Crippen LogP contribution is 2.20. The molecule has 1 aliphatic rings. The molecular formula is C11H14ClNO2. The minimum atomic E-state index is -0.111. The van der Waals surface area contributed by atoms with Gasteiger partial charge in [0.1, 0.15) is 0 Å². The zero-order chi connectivity index (χ0) is 9.97. The van der Waals surface area contributed by atoms with Gasteiger partial charge in [0.2, 0.25) is 5.90 Å². The molecule has 4 heteroatoms. The maximum absolute atomic E-state index is 5.22. The lowest BCUT2D eigenvalue weighted by atomic mass is 10.0. The van der Waals surface area contributed by atoms with Crippen LogP contribution in [-0.4, -0.2) is 26.3 Å². The highest BCUT2D eigenvalue weighted by Gasteiger charge is 2.20. The van der Waals surface area contributed by atoms with Crippen molar-refractivity contribution in [2.24, 2.45) is 4.99 Å². The van der Waals surface area contributed by atoms with E-state index in [0.717, 1.165) is 12.0 Å². The van der Waals surface area contributed by atoms with Crippen LogP contribution in [0.5, 0.6) is 0 Å². The van der Waals surface area contributed by atoms with Gasteiger partial charge >= 0.3 is 0 Å². The van der Waals surface area contributed by atoms with Gasteiger partial charge in [-0.05, 0) is 11.6 Å². The molecule has 0 radical (unpaired) electrons. The number of fused-ring (bicyclic) bond motifs is 1. The molecule has 0 N–H and O–H groups in total. The average molecular weight is 228 g/mol. The third-order valence-electron chi connectivity index (χ3n) is 2.37. The van der Waals surface area contributed by atoms with E-state index in [9.17, 15) is 0 Å². The van der Waals surface area contributed by atoms with Gasteiger partial charge < -0.3 is 9.47 Å². The summed E-state index contributed by atoms with van der Waals surface area (Å²) in [4.78, 5) is 4.33. The van der Waals surface area contributed by atoms with Crippen LogP contribution in [-0.2, 0) is 15.9 Å². The van der Waals surface area contributed by atoms with Gasteiger partial charge in [0, 0.05) is 19.1 Å².